The number of rotatable bonds is 3. The van der Waals surface area contributed by atoms with Gasteiger partial charge in [-0.15, -0.1) is 0 Å². The standard InChI is InChI=1S/C11H12BrN3/c1-13-7-8-6-11(15-14-8)9-4-2-3-5-10(9)12/h2-6,13H,7H2,1H3,(H,14,15). The van der Waals surface area contributed by atoms with Gasteiger partial charge in [-0.05, 0) is 19.2 Å². The zero-order valence-corrected chi connectivity index (χ0v) is 10.0. The SMILES string of the molecule is CNCc1cc(-c2ccccc2Br)n[nH]1. The van der Waals surface area contributed by atoms with Crippen LogP contribution in [0.15, 0.2) is 34.8 Å². The lowest BCUT2D eigenvalue weighted by atomic mass is 10.1. The Morgan fingerprint density at radius 1 is 1.40 bits per heavy atom. The van der Waals surface area contributed by atoms with Gasteiger partial charge in [0.2, 0.25) is 0 Å². The molecule has 78 valence electrons. The predicted octanol–water partition coefficient (Wildman–Crippen LogP) is 2.56. The van der Waals surface area contributed by atoms with Crippen LogP contribution in [0.25, 0.3) is 11.3 Å². The van der Waals surface area contributed by atoms with E-state index in [4.69, 9.17) is 0 Å². The molecule has 0 spiro atoms. The van der Waals surface area contributed by atoms with Crippen molar-refractivity contribution in [2.45, 2.75) is 6.54 Å². The number of hydrogen-bond acceptors (Lipinski definition) is 2. The van der Waals surface area contributed by atoms with Crippen molar-refractivity contribution in [3.8, 4) is 11.3 Å². The van der Waals surface area contributed by atoms with Gasteiger partial charge in [0.25, 0.3) is 0 Å². The highest BCUT2D eigenvalue weighted by atomic mass is 79.9. The van der Waals surface area contributed by atoms with Crippen molar-refractivity contribution in [3.05, 3.63) is 40.5 Å². The Morgan fingerprint density at radius 3 is 2.93 bits per heavy atom. The fraction of sp³-hybridized carbons (Fsp3) is 0.182. The van der Waals surface area contributed by atoms with Crippen LogP contribution in [0, 0.1) is 0 Å². The molecule has 0 saturated heterocycles. The molecular formula is C11H12BrN3. The molecule has 0 aliphatic rings. The van der Waals surface area contributed by atoms with Crippen molar-refractivity contribution in [1.82, 2.24) is 15.5 Å². The van der Waals surface area contributed by atoms with Crippen LogP contribution in [0.4, 0.5) is 0 Å². The molecule has 3 nitrogen and oxygen atoms in total. The maximum atomic E-state index is 4.27. The average molecular weight is 266 g/mol. The largest absolute Gasteiger partial charge is 0.314 e. The molecule has 0 atom stereocenters. The Bertz CT molecular complexity index is 451. The summed E-state index contributed by atoms with van der Waals surface area (Å²) in [6.07, 6.45) is 0. The normalized spacial score (nSPS) is 10.5. The highest BCUT2D eigenvalue weighted by Crippen LogP contribution is 2.26. The molecule has 0 amide bonds. The third kappa shape index (κ3) is 2.27. The smallest absolute Gasteiger partial charge is 0.0935 e. The zero-order valence-electron chi connectivity index (χ0n) is 8.42. The van der Waals surface area contributed by atoms with Crippen LogP contribution in [0.1, 0.15) is 5.69 Å². The summed E-state index contributed by atoms with van der Waals surface area (Å²) in [5.74, 6) is 0. The number of benzene rings is 1. The summed E-state index contributed by atoms with van der Waals surface area (Å²) in [6, 6.07) is 10.1. The van der Waals surface area contributed by atoms with E-state index in [0.717, 1.165) is 28.0 Å². The van der Waals surface area contributed by atoms with E-state index in [1.54, 1.807) is 0 Å². The number of hydrogen-bond donors (Lipinski definition) is 2. The second-order valence-electron chi connectivity index (χ2n) is 3.29. The first kappa shape index (κ1) is 10.4. The number of aromatic nitrogens is 2. The Labute approximate surface area is 97.0 Å². The first-order valence-corrected chi connectivity index (χ1v) is 5.54. The fourth-order valence-electron chi connectivity index (χ4n) is 1.45. The van der Waals surface area contributed by atoms with E-state index in [2.05, 4.69) is 37.5 Å². The molecule has 0 fully saturated rings. The quantitative estimate of drug-likeness (QED) is 0.896. The van der Waals surface area contributed by atoms with Crippen molar-refractivity contribution in [2.24, 2.45) is 0 Å². The molecule has 0 aliphatic carbocycles. The Balaban J connectivity index is 2.33. The summed E-state index contributed by atoms with van der Waals surface area (Å²) < 4.78 is 1.06. The maximum Gasteiger partial charge on any atom is 0.0935 e. The van der Waals surface area contributed by atoms with Gasteiger partial charge in [-0.1, -0.05) is 34.1 Å². The Kier molecular flexibility index (Phi) is 3.18. The van der Waals surface area contributed by atoms with Crippen LogP contribution in [0.5, 0.6) is 0 Å². The van der Waals surface area contributed by atoms with Gasteiger partial charge in [-0.25, -0.2) is 0 Å². The first-order chi connectivity index (χ1) is 7.31. The van der Waals surface area contributed by atoms with E-state index in [9.17, 15) is 0 Å². The molecule has 1 heterocycles. The van der Waals surface area contributed by atoms with Gasteiger partial charge < -0.3 is 5.32 Å². The van der Waals surface area contributed by atoms with E-state index in [0.29, 0.717) is 0 Å². The van der Waals surface area contributed by atoms with Gasteiger partial charge >= 0.3 is 0 Å². The van der Waals surface area contributed by atoms with Crippen LogP contribution in [-0.4, -0.2) is 17.2 Å². The molecule has 0 aliphatic heterocycles. The minimum absolute atomic E-state index is 0.803. The summed E-state index contributed by atoms with van der Waals surface area (Å²) in [5.41, 5.74) is 3.16. The zero-order chi connectivity index (χ0) is 10.7. The van der Waals surface area contributed by atoms with Gasteiger partial charge in [-0.2, -0.15) is 5.10 Å². The summed E-state index contributed by atoms with van der Waals surface area (Å²) >= 11 is 3.51. The number of aromatic amines is 1. The molecule has 0 unspecified atom stereocenters. The number of nitrogens with one attached hydrogen (secondary N) is 2. The van der Waals surface area contributed by atoms with Gasteiger partial charge in [0.05, 0.1) is 5.69 Å². The van der Waals surface area contributed by atoms with E-state index < -0.39 is 0 Å². The molecule has 0 saturated carbocycles. The minimum atomic E-state index is 0.803. The van der Waals surface area contributed by atoms with Crippen LogP contribution >= 0.6 is 15.9 Å². The third-order valence-electron chi connectivity index (χ3n) is 2.15. The molecule has 2 N–H and O–H groups in total. The molecular weight excluding hydrogens is 254 g/mol. The number of H-pyrrole nitrogens is 1. The van der Waals surface area contributed by atoms with Crippen molar-refractivity contribution in [2.75, 3.05) is 7.05 Å². The van der Waals surface area contributed by atoms with E-state index in [1.807, 2.05) is 31.3 Å². The molecule has 1 aromatic heterocycles. The first-order valence-electron chi connectivity index (χ1n) is 4.75. The van der Waals surface area contributed by atoms with Crippen molar-refractivity contribution >= 4 is 15.9 Å². The highest BCUT2D eigenvalue weighted by molar-refractivity contribution is 9.10. The maximum absolute atomic E-state index is 4.27. The van der Waals surface area contributed by atoms with E-state index >= 15 is 0 Å². The van der Waals surface area contributed by atoms with Crippen LogP contribution in [-0.2, 0) is 6.54 Å². The number of halogens is 1. The lowest BCUT2D eigenvalue weighted by Gasteiger charge is -1.98. The highest BCUT2D eigenvalue weighted by Gasteiger charge is 2.05. The number of nitrogens with zero attached hydrogens (tertiary/aromatic N) is 1. The van der Waals surface area contributed by atoms with Crippen LogP contribution < -0.4 is 5.32 Å². The Morgan fingerprint density at radius 2 is 2.20 bits per heavy atom. The Hall–Kier alpha value is -1.13. The second-order valence-corrected chi connectivity index (χ2v) is 4.14. The van der Waals surface area contributed by atoms with Crippen LogP contribution in [0.3, 0.4) is 0 Å². The second kappa shape index (κ2) is 4.59. The summed E-state index contributed by atoms with van der Waals surface area (Å²) in [5, 5.41) is 10.4. The molecule has 0 radical (unpaired) electrons. The monoisotopic (exact) mass is 265 g/mol. The van der Waals surface area contributed by atoms with Gasteiger partial charge in [0.1, 0.15) is 0 Å². The van der Waals surface area contributed by atoms with Crippen molar-refractivity contribution in [3.63, 3.8) is 0 Å². The average Bonchev–Trinajstić information content (AvgIpc) is 2.68. The molecule has 2 rings (SSSR count). The molecule has 4 heteroatoms. The summed E-state index contributed by atoms with van der Waals surface area (Å²) in [6.45, 7) is 0.803. The molecule has 0 bridgehead atoms. The predicted molar refractivity (Wildman–Crippen MR) is 64.5 cm³/mol. The van der Waals surface area contributed by atoms with E-state index in [1.165, 1.54) is 0 Å². The lowest BCUT2D eigenvalue weighted by Crippen LogP contribution is -2.04. The van der Waals surface area contributed by atoms with Crippen molar-refractivity contribution in [1.29, 1.82) is 0 Å². The van der Waals surface area contributed by atoms with Crippen molar-refractivity contribution < 1.29 is 0 Å². The van der Waals surface area contributed by atoms with Gasteiger partial charge in [0, 0.05) is 22.3 Å². The topological polar surface area (TPSA) is 40.7 Å². The lowest BCUT2D eigenvalue weighted by molar-refractivity contribution is 0.784. The summed E-state index contributed by atoms with van der Waals surface area (Å²) in [7, 11) is 1.92. The summed E-state index contributed by atoms with van der Waals surface area (Å²) in [4.78, 5) is 0. The van der Waals surface area contributed by atoms with Crippen LogP contribution in [0.2, 0.25) is 0 Å². The molecule has 15 heavy (non-hydrogen) atoms. The minimum Gasteiger partial charge on any atom is -0.314 e. The molecule has 1 aromatic carbocycles. The third-order valence-corrected chi connectivity index (χ3v) is 2.84. The molecule has 2 aromatic rings. The fourth-order valence-corrected chi connectivity index (χ4v) is 1.94. The van der Waals surface area contributed by atoms with E-state index in [-0.39, 0.29) is 0 Å². The van der Waals surface area contributed by atoms with Gasteiger partial charge in [0.15, 0.2) is 0 Å². The van der Waals surface area contributed by atoms with Gasteiger partial charge in [-0.3, -0.25) is 5.10 Å².